The summed E-state index contributed by atoms with van der Waals surface area (Å²) >= 11 is 0. The first kappa shape index (κ1) is 28.5. The molecule has 6 heterocycles. The van der Waals surface area contributed by atoms with Gasteiger partial charge in [-0.2, -0.15) is 9.97 Å². The molecule has 0 amide bonds. The number of aromatic nitrogens is 3. The first-order chi connectivity index (χ1) is 21.8. The molecule has 8 rings (SSSR count). The Morgan fingerprint density at radius 1 is 1.00 bits per heavy atom. The van der Waals surface area contributed by atoms with Crippen LogP contribution in [-0.4, -0.2) is 81.8 Å². The van der Waals surface area contributed by atoms with Gasteiger partial charge in [0.25, 0.3) is 5.92 Å². The van der Waals surface area contributed by atoms with Crippen LogP contribution >= 0.6 is 0 Å². The number of nitrogens with zero attached hydrogens (tertiary/aromatic N) is 5. The van der Waals surface area contributed by atoms with Gasteiger partial charge in [0, 0.05) is 30.9 Å². The molecule has 2 aromatic carbocycles. The van der Waals surface area contributed by atoms with Gasteiger partial charge in [0.15, 0.2) is 5.82 Å². The number of hydrogen-bond donors (Lipinski definition) is 2. The molecule has 11 heteroatoms. The van der Waals surface area contributed by atoms with Crippen molar-refractivity contribution in [3.8, 4) is 34.1 Å². The highest BCUT2D eigenvalue weighted by Crippen LogP contribution is 2.42. The number of ether oxygens (including phenoxy) is 1. The predicted molar refractivity (Wildman–Crippen MR) is 165 cm³/mol. The molecule has 4 saturated heterocycles. The molecule has 2 aromatic heterocycles. The van der Waals surface area contributed by atoms with Gasteiger partial charge in [-0.25, -0.2) is 13.2 Å². The SMILES string of the molecule is Oc1ccc(-c2ccccc2)c(-c2ncc3c(N4CCC5NCC(F)(F)C5C4)nc(OCC45CCCN4CCC5)nc3c2F)c1. The predicted octanol–water partition coefficient (Wildman–Crippen LogP) is 5.64. The van der Waals surface area contributed by atoms with Crippen molar-refractivity contribution >= 4 is 16.7 Å². The molecule has 2 atom stereocenters. The Balaban J connectivity index is 1.24. The van der Waals surface area contributed by atoms with Crippen LogP contribution in [0.3, 0.4) is 0 Å². The summed E-state index contributed by atoms with van der Waals surface area (Å²) in [6.07, 6.45) is 6.26. The van der Waals surface area contributed by atoms with Crippen LogP contribution < -0.4 is 15.0 Å². The lowest BCUT2D eigenvalue weighted by atomic mass is 9.90. The van der Waals surface area contributed by atoms with E-state index in [9.17, 15) is 13.9 Å². The number of pyridine rings is 1. The van der Waals surface area contributed by atoms with Crippen LogP contribution in [-0.2, 0) is 0 Å². The summed E-state index contributed by atoms with van der Waals surface area (Å²) in [6.45, 7) is 2.64. The van der Waals surface area contributed by atoms with Crippen LogP contribution in [0.15, 0.2) is 54.7 Å². The number of halogens is 3. The number of aromatic hydroxyl groups is 1. The summed E-state index contributed by atoms with van der Waals surface area (Å²) in [4.78, 5) is 18.1. The molecular weight excluding hydrogens is 581 g/mol. The minimum atomic E-state index is -2.85. The molecule has 0 spiro atoms. The molecule has 234 valence electrons. The third-order valence-corrected chi connectivity index (χ3v) is 10.3. The lowest BCUT2D eigenvalue weighted by Crippen LogP contribution is -2.48. The summed E-state index contributed by atoms with van der Waals surface area (Å²) in [5, 5.41) is 13.7. The molecule has 8 nitrogen and oxygen atoms in total. The van der Waals surface area contributed by atoms with Crippen LogP contribution in [0.4, 0.5) is 19.0 Å². The fourth-order valence-corrected chi connectivity index (χ4v) is 7.99. The van der Waals surface area contributed by atoms with Crippen molar-refractivity contribution in [2.45, 2.75) is 49.6 Å². The molecule has 0 aliphatic carbocycles. The van der Waals surface area contributed by atoms with Crippen LogP contribution in [0.1, 0.15) is 32.1 Å². The van der Waals surface area contributed by atoms with Crippen molar-refractivity contribution < 1.29 is 23.0 Å². The zero-order valence-corrected chi connectivity index (χ0v) is 24.9. The lowest BCUT2D eigenvalue weighted by Gasteiger charge is -2.37. The number of piperidine rings is 1. The first-order valence-electron chi connectivity index (χ1n) is 15.8. The van der Waals surface area contributed by atoms with Gasteiger partial charge < -0.3 is 20.1 Å². The summed E-state index contributed by atoms with van der Waals surface area (Å²) in [5.74, 6) is -4.10. The van der Waals surface area contributed by atoms with Crippen molar-refractivity contribution in [3.05, 3.63) is 60.5 Å². The number of alkyl halides is 2. The van der Waals surface area contributed by atoms with Gasteiger partial charge >= 0.3 is 6.01 Å². The Morgan fingerprint density at radius 2 is 1.80 bits per heavy atom. The third kappa shape index (κ3) is 4.87. The summed E-state index contributed by atoms with van der Waals surface area (Å²) in [5.41, 5.74) is 1.90. The molecule has 45 heavy (non-hydrogen) atoms. The minimum absolute atomic E-state index is 0.00739. The van der Waals surface area contributed by atoms with E-state index in [1.165, 1.54) is 12.3 Å². The van der Waals surface area contributed by atoms with E-state index in [-0.39, 0.29) is 47.6 Å². The fourth-order valence-electron chi connectivity index (χ4n) is 7.99. The minimum Gasteiger partial charge on any atom is -0.508 e. The van der Waals surface area contributed by atoms with E-state index >= 15 is 4.39 Å². The van der Waals surface area contributed by atoms with Crippen LogP contribution in [0, 0.1) is 11.7 Å². The average molecular weight is 617 g/mol. The topological polar surface area (TPSA) is 86.6 Å². The second-order valence-electron chi connectivity index (χ2n) is 12.9. The number of phenolic OH excluding ortho intramolecular Hbond substituents is 1. The van der Waals surface area contributed by atoms with Crippen molar-refractivity contribution in [1.82, 2.24) is 25.2 Å². The maximum absolute atomic E-state index is 16.8. The zero-order valence-electron chi connectivity index (χ0n) is 24.9. The molecule has 0 bridgehead atoms. The quantitative estimate of drug-likeness (QED) is 0.288. The van der Waals surface area contributed by atoms with Crippen LogP contribution in [0.25, 0.3) is 33.3 Å². The largest absolute Gasteiger partial charge is 0.508 e. The molecule has 0 radical (unpaired) electrons. The maximum Gasteiger partial charge on any atom is 0.319 e. The molecule has 4 aliphatic rings. The van der Waals surface area contributed by atoms with Gasteiger partial charge in [0.2, 0.25) is 0 Å². The Morgan fingerprint density at radius 3 is 2.60 bits per heavy atom. The van der Waals surface area contributed by atoms with Crippen molar-refractivity contribution in [3.63, 3.8) is 0 Å². The lowest BCUT2D eigenvalue weighted by molar-refractivity contribution is -0.0281. The highest BCUT2D eigenvalue weighted by molar-refractivity contribution is 5.94. The summed E-state index contributed by atoms with van der Waals surface area (Å²) in [6, 6.07) is 14.0. The number of anilines is 1. The Labute approximate surface area is 259 Å². The second kappa shape index (κ2) is 10.8. The highest BCUT2D eigenvalue weighted by atomic mass is 19.3. The Hall–Kier alpha value is -3.96. The van der Waals surface area contributed by atoms with E-state index in [0.29, 0.717) is 41.9 Å². The summed E-state index contributed by atoms with van der Waals surface area (Å²) in [7, 11) is 0. The van der Waals surface area contributed by atoms with E-state index in [4.69, 9.17) is 9.72 Å². The Kier molecular flexibility index (Phi) is 6.87. The molecular formula is C34H35F3N6O2. The normalized spacial score (nSPS) is 23.8. The molecule has 2 N–H and O–H groups in total. The maximum atomic E-state index is 16.8. The standard InChI is InChI=1S/C34H35F3N6O2/c35-28-29(24-16-22(44)8-9-23(24)21-6-2-1-3-7-21)38-17-25-30(28)40-32(45-20-33-11-4-13-43(33)14-5-12-33)41-31(25)42-15-10-27-26(18-42)34(36,37)19-39-27/h1-3,6-9,16-17,26-27,39,44H,4-5,10-15,18-20H2. The number of nitrogens with one attached hydrogen (secondary N) is 1. The molecule has 4 aromatic rings. The molecule has 4 fully saturated rings. The summed E-state index contributed by atoms with van der Waals surface area (Å²) < 4.78 is 52.8. The zero-order chi connectivity index (χ0) is 30.8. The number of rotatable bonds is 6. The van der Waals surface area contributed by atoms with Gasteiger partial charge in [0.1, 0.15) is 29.4 Å². The highest BCUT2D eigenvalue weighted by Gasteiger charge is 2.52. The molecule has 2 unspecified atom stereocenters. The van der Waals surface area contributed by atoms with Gasteiger partial charge in [-0.1, -0.05) is 36.4 Å². The second-order valence-corrected chi connectivity index (χ2v) is 12.9. The van der Waals surface area contributed by atoms with E-state index in [0.717, 1.165) is 44.3 Å². The molecule has 4 aliphatic heterocycles. The van der Waals surface area contributed by atoms with Crippen molar-refractivity contribution in [2.75, 3.05) is 44.2 Å². The monoisotopic (exact) mass is 616 g/mol. The van der Waals surface area contributed by atoms with E-state index in [2.05, 4.69) is 20.2 Å². The van der Waals surface area contributed by atoms with Gasteiger partial charge in [-0.3, -0.25) is 9.88 Å². The van der Waals surface area contributed by atoms with E-state index in [1.54, 1.807) is 17.0 Å². The number of benzene rings is 2. The van der Waals surface area contributed by atoms with Gasteiger partial charge in [-0.15, -0.1) is 0 Å². The average Bonchev–Trinajstić information content (AvgIpc) is 3.73. The number of fused-ring (bicyclic) bond motifs is 3. The van der Waals surface area contributed by atoms with Crippen molar-refractivity contribution in [2.24, 2.45) is 5.92 Å². The third-order valence-electron chi connectivity index (χ3n) is 10.3. The van der Waals surface area contributed by atoms with Crippen LogP contribution in [0.5, 0.6) is 11.8 Å². The number of hydrogen-bond acceptors (Lipinski definition) is 8. The first-order valence-corrected chi connectivity index (χ1v) is 15.8. The smallest absolute Gasteiger partial charge is 0.319 e. The van der Waals surface area contributed by atoms with Crippen molar-refractivity contribution in [1.29, 1.82) is 0 Å². The Bertz CT molecular complexity index is 1750. The van der Waals surface area contributed by atoms with E-state index < -0.39 is 17.7 Å². The van der Waals surface area contributed by atoms with Gasteiger partial charge in [0.05, 0.1) is 23.4 Å². The van der Waals surface area contributed by atoms with Crippen LogP contribution in [0.2, 0.25) is 0 Å². The van der Waals surface area contributed by atoms with Gasteiger partial charge in [-0.05, 0) is 68.5 Å². The molecule has 0 saturated carbocycles. The van der Waals surface area contributed by atoms with E-state index in [1.807, 2.05) is 30.3 Å². The fraction of sp³-hybridized carbons (Fsp3) is 0.441. The number of phenols is 1.